The molecule has 128 valence electrons. The van der Waals surface area contributed by atoms with Gasteiger partial charge in [0.25, 0.3) is 5.91 Å². The molecule has 1 heterocycles. The van der Waals surface area contributed by atoms with Crippen LogP contribution in [0.3, 0.4) is 0 Å². The number of nitrogens with one attached hydrogen (secondary N) is 3. The summed E-state index contributed by atoms with van der Waals surface area (Å²) in [7, 11) is 0. The van der Waals surface area contributed by atoms with Gasteiger partial charge < -0.3 is 10.6 Å². The van der Waals surface area contributed by atoms with E-state index in [1.54, 1.807) is 0 Å². The lowest BCUT2D eigenvalue weighted by Crippen LogP contribution is -2.55. The zero-order valence-corrected chi connectivity index (χ0v) is 14.5. The van der Waals surface area contributed by atoms with Gasteiger partial charge in [-0.05, 0) is 43.8 Å². The molecule has 3 aliphatic rings. The van der Waals surface area contributed by atoms with E-state index in [1.807, 2.05) is 0 Å². The molecule has 3 amide bonds. The number of hydrogen-bond acceptors (Lipinski definition) is 3. The van der Waals surface area contributed by atoms with Crippen molar-refractivity contribution >= 4 is 29.3 Å². The molecule has 1 aliphatic heterocycles. The predicted molar refractivity (Wildman–Crippen MR) is 91.5 cm³/mol. The second-order valence-corrected chi connectivity index (χ2v) is 7.58. The van der Waals surface area contributed by atoms with Crippen LogP contribution in [0.2, 0.25) is 0 Å². The monoisotopic (exact) mass is 338 g/mol. The van der Waals surface area contributed by atoms with Crippen molar-refractivity contribution in [3.8, 4) is 0 Å². The number of nitrogens with zero attached hydrogens (tertiary/aromatic N) is 1. The topological polar surface area (TPSA) is 73.5 Å². The van der Waals surface area contributed by atoms with Gasteiger partial charge in [-0.3, -0.25) is 10.2 Å². The molecule has 7 heteroatoms. The number of hydrazine groups is 1. The van der Waals surface area contributed by atoms with E-state index >= 15 is 0 Å². The van der Waals surface area contributed by atoms with Crippen molar-refractivity contribution in [2.24, 2.45) is 5.92 Å². The molecular formula is C16H26N4O2S. The first-order valence-corrected chi connectivity index (χ1v) is 9.16. The maximum absolute atomic E-state index is 12.7. The number of carbonyl (C=O) groups is 2. The predicted octanol–water partition coefficient (Wildman–Crippen LogP) is 2.20. The van der Waals surface area contributed by atoms with Crippen molar-refractivity contribution < 1.29 is 9.59 Å². The first-order chi connectivity index (χ1) is 11.0. The van der Waals surface area contributed by atoms with Gasteiger partial charge in [-0.25, -0.2) is 4.79 Å². The largest absolute Gasteiger partial charge is 0.358 e. The van der Waals surface area contributed by atoms with E-state index in [1.165, 1.54) is 19.3 Å². The highest BCUT2D eigenvalue weighted by molar-refractivity contribution is 7.80. The van der Waals surface area contributed by atoms with Crippen molar-refractivity contribution in [1.29, 1.82) is 0 Å². The summed E-state index contributed by atoms with van der Waals surface area (Å²) in [5.41, 5.74) is 2.10. The standard InChI is InChI=1S/C16H26N4O2S/c1-11-7-3-4-8-12(11)17-14(23)19-20-13(21)16(18-15(20)22)9-5-2-6-10-16/h11-12H,2-10H2,1H3,(H,18,22)(H2,17,19,23)/t11-,12+/m0/s1. The molecule has 0 aromatic heterocycles. The Hall–Kier alpha value is -1.37. The average molecular weight is 338 g/mol. The molecule has 1 spiro atoms. The van der Waals surface area contributed by atoms with E-state index in [0.717, 1.165) is 43.5 Å². The maximum atomic E-state index is 12.7. The van der Waals surface area contributed by atoms with E-state index in [9.17, 15) is 9.59 Å². The quantitative estimate of drug-likeness (QED) is 0.532. The van der Waals surface area contributed by atoms with Gasteiger partial charge in [-0.1, -0.05) is 39.0 Å². The molecule has 0 aromatic rings. The zero-order chi connectivity index (χ0) is 16.4. The Morgan fingerprint density at radius 2 is 1.87 bits per heavy atom. The number of amides is 3. The van der Waals surface area contributed by atoms with Gasteiger partial charge in [0.05, 0.1) is 0 Å². The molecule has 6 nitrogen and oxygen atoms in total. The van der Waals surface area contributed by atoms with Crippen LogP contribution in [0.15, 0.2) is 0 Å². The molecule has 3 rings (SSSR count). The van der Waals surface area contributed by atoms with Gasteiger partial charge in [0.1, 0.15) is 5.54 Å². The van der Waals surface area contributed by atoms with Gasteiger partial charge in [0.2, 0.25) is 0 Å². The molecule has 1 saturated heterocycles. The van der Waals surface area contributed by atoms with Crippen LogP contribution >= 0.6 is 12.2 Å². The number of thiocarbonyl (C=S) groups is 1. The lowest BCUT2D eigenvalue weighted by Gasteiger charge is -2.32. The molecule has 0 aromatic carbocycles. The Balaban J connectivity index is 1.59. The Morgan fingerprint density at radius 3 is 2.57 bits per heavy atom. The van der Waals surface area contributed by atoms with E-state index in [2.05, 4.69) is 23.0 Å². The Kier molecular flexibility index (Phi) is 4.75. The molecule has 2 saturated carbocycles. The molecule has 2 aliphatic carbocycles. The SMILES string of the molecule is C[C@H]1CCCC[C@H]1NC(=S)NN1C(=O)NC2(CCCCC2)C1=O. The van der Waals surface area contributed by atoms with Crippen molar-refractivity contribution in [2.75, 3.05) is 0 Å². The van der Waals surface area contributed by atoms with Crippen LogP contribution in [-0.2, 0) is 4.79 Å². The first kappa shape index (κ1) is 16.5. The lowest BCUT2D eigenvalue weighted by molar-refractivity contribution is -0.133. The summed E-state index contributed by atoms with van der Waals surface area (Å²) in [5.74, 6) is 0.360. The minimum Gasteiger partial charge on any atom is -0.358 e. The van der Waals surface area contributed by atoms with E-state index < -0.39 is 11.6 Å². The van der Waals surface area contributed by atoms with E-state index in [4.69, 9.17) is 12.2 Å². The van der Waals surface area contributed by atoms with E-state index in [-0.39, 0.29) is 5.91 Å². The van der Waals surface area contributed by atoms with Gasteiger partial charge >= 0.3 is 6.03 Å². The summed E-state index contributed by atoms with van der Waals surface area (Å²) in [6, 6.07) is -0.0779. The third-order valence-electron chi connectivity index (χ3n) is 5.51. The smallest absolute Gasteiger partial charge is 0.344 e. The van der Waals surface area contributed by atoms with Crippen LogP contribution in [0, 0.1) is 5.92 Å². The van der Waals surface area contributed by atoms with Crippen LogP contribution < -0.4 is 16.1 Å². The summed E-state index contributed by atoms with van der Waals surface area (Å²) in [6.07, 6.45) is 9.22. The Morgan fingerprint density at radius 1 is 1.17 bits per heavy atom. The number of hydrogen-bond donors (Lipinski definition) is 3. The Labute approximate surface area is 142 Å². The van der Waals surface area contributed by atoms with Gasteiger partial charge in [-0.15, -0.1) is 0 Å². The third-order valence-corrected chi connectivity index (χ3v) is 5.72. The van der Waals surface area contributed by atoms with Gasteiger partial charge in [0.15, 0.2) is 5.11 Å². The van der Waals surface area contributed by atoms with Crippen LogP contribution in [0.1, 0.15) is 64.7 Å². The molecule has 23 heavy (non-hydrogen) atoms. The normalized spacial score (nSPS) is 30.2. The van der Waals surface area contributed by atoms with Crippen LogP contribution in [-0.4, -0.2) is 33.6 Å². The van der Waals surface area contributed by atoms with Crippen molar-refractivity contribution in [3.05, 3.63) is 0 Å². The summed E-state index contributed by atoms with van der Waals surface area (Å²) in [5, 5.41) is 7.57. The second-order valence-electron chi connectivity index (χ2n) is 7.17. The third kappa shape index (κ3) is 3.29. The van der Waals surface area contributed by atoms with Crippen molar-refractivity contribution in [3.63, 3.8) is 0 Å². The van der Waals surface area contributed by atoms with Crippen molar-refractivity contribution in [2.45, 2.75) is 76.3 Å². The summed E-state index contributed by atoms with van der Waals surface area (Å²) >= 11 is 5.32. The Bertz CT molecular complexity index is 504. The minimum absolute atomic E-state index is 0.192. The average Bonchev–Trinajstić information content (AvgIpc) is 2.75. The van der Waals surface area contributed by atoms with Crippen molar-refractivity contribution in [1.82, 2.24) is 21.1 Å². The highest BCUT2D eigenvalue weighted by Crippen LogP contribution is 2.33. The highest BCUT2D eigenvalue weighted by Gasteiger charge is 2.52. The summed E-state index contributed by atoms with van der Waals surface area (Å²) in [4.78, 5) is 24.9. The fraction of sp³-hybridized carbons (Fsp3) is 0.812. The number of carbonyl (C=O) groups excluding carboxylic acids is 2. The number of imide groups is 1. The number of rotatable bonds is 2. The van der Waals surface area contributed by atoms with E-state index in [0.29, 0.717) is 17.1 Å². The summed E-state index contributed by atoms with van der Waals surface area (Å²) < 4.78 is 0. The number of urea groups is 1. The molecule has 2 atom stereocenters. The van der Waals surface area contributed by atoms with Gasteiger partial charge in [-0.2, -0.15) is 5.01 Å². The fourth-order valence-corrected chi connectivity index (χ4v) is 4.29. The molecule has 0 radical (unpaired) electrons. The first-order valence-electron chi connectivity index (χ1n) is 8.76. The molecule has 3 N–H and O–H groups in total. The van der Waals surface area contributed by atoms with Crippen LogP contribution in [0.4, 0.5) is 4.79 Å². The highest BCUT2D eigenvalue weighted by atomic mass is 32.1. The minimum atomic E-state index is -0.712. The fourth-order valence-electron chi connectivity index (χ4n) is 4.05. The maximum Gasteiger partial charge on any atom is 0.344 e. The molecular weight excluding hydrogens is 312 g/mol. The molecule has 0 bridgehead atoms. The van der Waals surface area contributed by atoms with Crippen LogP contribution in [0.25, 0.3) is 0 Å². The van der Waals surface area contributed by atoms with Gasteiger partial charge in [0, 0.05) is 6.04 Å². The lowest BCUT2D eigenvalue weighted by atomic mass is 9.82. The molecule has 3 fully saturated rings. The summed E-state index contributed by atoms with van der Waals surface area (Å²) in [6.45, 7) is 2.21. The zero-order valence-electron chi connectivity index (χ0n) is 13.7. The second kappa shape index (κ2) is 6.63. The molecule has 0 unspecified atom stereocenters. The van der Waals surface area contributed by atoms with Crippen LogP contribution in [0.5, 0.6) is 0 Å².